The maximum atomic E-state index is 6.11. The van der Waals surface area contributed by atoms with Crippen molar-refractivity contribution in [1.82, 2.24) is 15.0 Å². The Hall–Kier alpha value is -1.00. The van der Waals surface area contributed by atoms with Crippen molar-refractivity contribution < 1.29 is 0 Å². The highest BCUT2D eigenvalue weighted by Crippen LogP contribution is 2.21. The quantitative estimate of drug-likeness (QED) is 0.597. The van der Waals surface area contributed by atoms with E-state index in [-0.39, 0.29) is 5.38 Å². The summed E-state index contributed by atoms with van der Waals surface area (Å²) in [6.07, 6.45) is 2.81. The molecule has 0 aliphatic heterocycles. The fraction of sp³-hybridized carbons (Fsp3) is 0.385. The van der Waals surface area contributed by atoms with Gasteiger partial charge in [0.05, 0.1) is 11.9 Å². The highest BCUT2D eigenvalue weighted by Gasteiger charge is 2.09. The van der Waals surface area contributed by atoms with Gasteiger partial charge in [0.2, 0.25) is 0 Å². The van der Waals surface area contributed by atoms with Crippen LogP contribution < -0.4 is 0 Å². The van der Waals surface area contributed by atoms with E-state index >= 15 is 0 Å². The molecule has 0 amide bonds. The van der Waals surface area contributed by atoms with E-state index in [9.17, 15) is 0 Å². The predicted octanol–water partition coefficient (Wildman–Crippen LogP) is 3.76. The summed E-state index contributed by atoms with van der Waals surface area (Å²) in [5.41, 5.74) is 0.865. The van der Waals surface area contributed by atoms with Crippen LogP contribution in [0, 0.1) is 0 Å². The summed E-state index contributed by atoms with van der Waals surface area (Å²) in [4.78, 5) is 1.28. The summed E-state index contributed by atoms with van der Waals surface area (Å²) in [6.45, 7) is 2.89. The third-order valence-electron chi connectivity index (χ3n) is 2.57. The van der Waals surface area contributed by atoms with Gasteiger partial charge in [-0.05, 0) is 18.6 Å². The Labute approximate surface area is 117 Å². The van der Waals surface area contributed by atoms with Gasteiger partial charge in [-0.1, -0.05) is 30.3 Å². The monoisotopic (exact) mass is 281 g/mol. The maximum Gasteiger partial charge on any atom is 0.100 e. The Bertz CT molecular complexity index is 472. The van der Waals surface area contributed by atoms with Crippen LogP contribution in [0.3, 0.4) is 0 Å². The van der Waals surface area contributed by atoms with Gasteiger partial charge in [-0.2, -0.15) is 0 Å². The van der Waals surface area contributed by atoms with Crippen molar-refractivity contribution in [3.8, 4) is 0 Å². The molecule has 2 rings (SSSR count). The van der Waals surface area contributed by atoms with E-state index in [0.29, 0.717) is 0 Å². The van der Waals surface area contributed by atoms with Crippen LogP contribution in [0.25, 0.3) is 0 Å². The number of rotatable bonds is 6. The molecule has 0 saturated heterocycles. The van der Waals surface area contributed by atoms with E-state index in [2.05, 4.69) is 34.6 Å². The van der Waals surface area contributed by atoms with Crippen molar-refractivity contribution in [2.45, 2.75) is 30.2 Å². The fourth-order valence-electron chi connectivity index (χ4n) is 1.55. The molecule has 0 N–H and O–H groups in total. The standard InChI is InChI=1S/C13H16ClN3S/c1-2-12(14)13-10-17(16-15-13)8-9-18-11-6-4-3-5-7-11/h3-7,10,12H,2,8-9H2,1H3. The summed E-state index contributed by atoms with van der Waals surface area (Å²) < 4.78 is 1.86. The molecule has 1 atom stereocenters. The molecule has 5 heteroatoms. The van der Waals surface area contributed by atoms with Crippen LogP contribution >= 0.6 is 23.4 Å². The van der Waals surface area contributed by atoms with Gasteiger partial charge in [-0.3, -0.25) is 4.68 Å². The first-order chi connectivity index (χ1) is 8.79. The van der Waals surface area contributed by atoms with Gasteiger partial charge in [-0.25, -0.2) is 0 Å². The molecule has 0 bridgehead atoms. The second kappa shape index (κ2) is 6.81. The van der Waals surface area contributed by atoms with Crippen LogP contribution in [0.15, 0.2) is 41.4 Å². The minimum Gasteiger partial charge on any atom is -0.251 e. The zero-order chi connectivity index (χ0) is 12.8. The van der Waals surface area contributed by atoms with Gasteiger partial charge in [0.1, 0.15) is 5.69 Å². The largest absolute Gasteiger partial charge is 0.251 e. The zero-order valence-corrected chi connectivity index (χ0v) is 11.9. The summed E-state index contributed by atoms with van der Waals surface area (Å²) >= 11 is 7.93. The second-order valence-corrected chi connectivity index (χ2v) is 5.64. The third kappa shape index (κ3) is 3.75. The molecule has 18 heavy (non-hydrogen) atoms. The number of hydrogen-bond acceptors (Lipinski definition) is 3. The Kier molecular flexibility index (Phi) is 5.08. The van der Waals surface area contributed by atoms with Crippen molar-refractivity contribution >= 4 is 23.4 Å². The van der Waals surface area contributed by atoms with E-state index in [0.717, 1.165) is 24.4 Å². The van der Waals surface area contributed by atoms with E-state index < -0.39 is 0 Å². The molecule has 1 heterocycles. The summed E-state index contributed by atoms with van der Waals surface area (Å²) in [7, 11) is 0. The lowest BCUT2D eigenvalue weighted by Crippen LogP contribution is -2.00. The Morgan fingerprint density at radius 2 is 2.11 bits per heavy atom. The van der Waals surface area contributed by atoms with Gasteiger partial charge in [-0.15, -0.1) is 28.5 Å². The first-order valence-corrected chi connectivity index (χ1v) is 7.43. The van der Waals surface area contributed by atoms with Crippen LogP contribution in [0.5, 0.6) is 0 Å². The highest BCUT2D eigenvalue weighted by atomic mass is 35.5. The molecule has 1 aromatic carbocycles. The van der Waals surface area contributed by atoms with Gasteiger partial charge in [0.25, 0.3) is 0 Å². The van der Waals surface area contributed by atoms with Crippen LogP contribution in [0.2, 0.25) is 0 Å². The molecule has 3 nitrogen and oxygen atoms in total. The van der Waals surface area contributed by atoms with Crippen LogP contribution in [0.4, 0.5) is 0 Å². The number of hydrogen-bond donors (Lipinski definition) is 0. The minimum atomic E-state index is -0.0273. The molecule has 0 aliphatic rings. The molecular formula is C13H16ClN3S. The second-order valence-electron chi connectivity index (χ2n) is 3.94. The topological polar surface area (TPSA) is 30.7 Å². The van der Waals surface area contributed by atoms with Gasteiger partial charge in [0.15, 0.2) is 0 Å². The van der Waals surface area contributed by atoms with E-state index in [1.54, 1.807) is 0 Å². The van der Waals surface area contributed by atoms with E-state index in [1.165, 1.54) is 4.90 Å². The first kappa shape index (κ1) is 13.4. The SMILES string of the molecule is CCC(Cl)c1cn(CCSc2ccccc2)nn1. The molecule has 0 saturated carbocycles. The van der Waals surface area contributed by atoms with Crippen LogP contribution in [-0.4, -0.2) is 20.7 Å². The smallest absolute Gasteiger partial charge is 0.100 e. The number of benzene rings is 1. The van der Waals surface area contributed by atoms with Crippen LogP contribution in [-0.2, 0) is 6.54 Å². The zero-order valence-electron chi connectivity index (χ0n) is 10.3. The van der Waals surface area contributed by atoms with Gasteiger partial charge >= 0.3 is 0 Å². The molecule has 0 aliphatic carbocycles. The number of thioether (sulfide) groups is 1. The van der Waals surface area contributed by atoms with E-state index in [4.69, 9.17) is 11.6 Å². The normalized spacial score (nSPS) is 12.6. The summed E-state index contributed by atoms with van der Waals surface area (Å²) in [6, 6.07) is 10.4. The van der Waals surface area contributed by atoms with Crippen molar-refractivity contribution in [2.75, 3.05) is 5.75 Å². The lowest BCUT2D eigenvalue weighted by Gasteiger charge is -2.01. The Morgan fingerprint density at radius 1 is 1.33 bits per heavy atom. The number of halogens is 1. The molecule has 0 spiro atoms. The fourth-order valence-corrected chi connectivity index (χ4v) is 2.51. The lowest BCUT2D eigenvalue weighted by molar-refractivity contribution is 0.632. The summed E-state index contributed by atoms with van der Waals surface area (Å²) in [5, 5.41) is 8.14. The number of aromatic nitrogens is 3. The first-order valence-electron chi connectivity index (χ1n) is 6.01. The lowest BCUT2D eigenvalue weighted by atomic mass is 10.3. The molecular weight excluding hydrogens is 266 g/mol. The van der Waals surface area contributed by atoms with Crippen molar-refractivity contribution in [2.24, 2.45) is 0 Å². The third-order valence-corrected chi connectivity index (χ3v) is 4.09. The molecule has 96 valence electrons. The molecule has 0 radical (unpaired) electrons. The summed E-state index contributed by atoms with van der Waals surface area (Å²) in [5.74, 6) is 0.978. The average molecular weight is 282 g/mol. The maximum absolute atomic E-state index is 6.11. The number of alkyl halides is 1. The predicted molar refractivity (Wildman–Crippen MR) is 76.1 cm³/mol. The molecule has 2 aromatic rings. The molecule has 1 aromatic heterocycles. The highest BCUT2D eigenvalue weighted by molar-refractivity contribution is 7.99. The van der Waals surface area contributed by atoms with Crippen LogP contribution in [0.1, 0.15) is 24.4 Å². The average Bonchev–Trinajstić information content (AvgIpc) is 2.88. The van der Waals surface area contributed by atoms with E-state index in [1.807, 2.05) is 35.6 Å². The molecule has 1 unspecified atom stereocenters. The minimum absolute atomic E-state index is 0.0273. The number of aryl methyl sites for hydroxylation is 1. The van der Waals surface area contributed by atoms with Gasteiger partial charge in [0, 0.05) is 16.8 Å². The Morgan fingerprint density at radius 3 is 2.83 bits per heavy atom. The van der Waals surface area contributed by atoms with Gasteiger partial charge < -0.3 is 0 Å². The molecule has 0 fully saturated rings. The van der Waals surface area contributed by atoms with Crippen molar-refractivity contribution in [3.05, 3.63) is 42.2 Å². The number of nitrogens with zero attached hydrogens (tertiary/aromatic N) is 3. The van der Waals surface area contributed by atoms with Crippen molar-refractivity contribution in [1.29, 1.82) is 0 Å². The van der Waals surface area contributed by atoms with Crippen molar-refractivity contribution in [3.63, 3.8) is 0 Å². The Balaban J connectivity index is 1.82.